The van der Waals surface area contributed by atoms with Crippen LogP contribution in [-0.4, -0.2) is 36.3 Å². The van der Waals surface area contributed by atoms with E-state index >= 15 is 0 Å². The molecule has 0 atom stereocenters. The Kier molecular flexibility index (Phi) is 7.67. The molecule has 3 rings (SSSR count). The molecule has 0 radical (unpaired) electrons. The number of aryl methyl sites for hydroxylation is 1. The number of hydrogen-bond acceptors (Lipinski definition) is 6. The molecule has 0 saturated heterocycles. The molecule has 0 aliphatic carbocycles. The van der Waals surface area contributed by atoms with Crippen molar-refractivity contribution in [3.8, 4) is 11.5 Å². The minimum absolute atomic E-state index is 0.0168. The number of amides is 1. The van der Waals surface area contributed by atoms with Gasteiger partial charge in [-0.1, -0.05) is 25.2 Å². The van der Waals surface area contributed by atoms with Gasteiger partial charge in [-0.05, 0) is 49.4 Å². The number of carbonyl (C=O) groups is 1. The molecule has 0 unspecified atom stereocenters. The Labute approximate surface area is 195 Å². The van der Waals surface area contributed by atoms with Crippen LogP contribution in [0.5, 0.6) is 11.5 Å². The molecule has 2 aromatic carbocycles. The van der Waals surface area contributed by atoms with Gasteiger partial charge in [-0.3, -0.25) is 14.2 Å². The Morgan fingerprint density at radius 1 is 1.15 bits per heavy atom. The van der Waals surface area contributed by atoms with Gasteiger partial charge in [0.15, 0.2) is 5.75 Å². The van der Waals surface area contributed by atoms with Crippen molar-refractivity contribution in [3.63, 3.8) is 0 Å². The van der Waals surface area contributed by atoms with Gasteiger partial charge >= 0.3 is 4.87 Å². The molecule has 11 heteroatoms. The van der Waals surface area contributed by atoms with E-state index in [1.54, 1.807) is 26.2 Å². The number of thiazole rings is 1. The van der Waals surface area contributed by atoms with Gasteiger partial charge in [0.2, 0.25) is 15.9 Å². The van der Waals surface area contributed by atoms with Crippen LogP contribution in [0.4, 0.5) is 10.1 Å². The second kappa shape index (κ2) is 10.3. The molecule has 0 saturated carbocycles. The predicted molar refractivity (Wildman–Crippen MR) is 125 cm³/mol. The Morgan fingerprint density at radius 3 is 2.39 bits per heavy atom. The summed E-state index contributed by atoms with van der Waals surface area (Å²) < 4.78 is 47.6. The molecule has 0 aliphatic heterocycles. The first kappa shape index (κ1) is 24.6. The molecular weight excluding hydrogens is 469 g/mol. The molecule has 1 N–H and O–H groups in total. The van der Waals surface area contributed by atoms with Crippen LogP contribution < -0.4 is 14.9 Å². The molecule has 176 valence electrons. The van der Waals surface area contributed by atoms with E-state index in [1.807, 2.05) is 0 Å². The van der Waals surface area contributed by atoms with E-state index in [0.29, 0.717) is 11.4 Å². The van der Waals surface area contributed by atoms with Crippen LogP contribution in [0.2, 0.25) is 0 Å². The smallest absolute Gasteiger partial charge is 0.307 e. The molecule has 0 aliphatic rings. The van der Waals surface area contributed by atoms with Crippen molar-refractivity contribution in [1.29, 1.82) is 0 Å². The highest BCUT2D eigenvalue weighted by Crippen LogP contribution is 2.33. The number of nitrogens with one attached hydrogen (secondary N) is 1. The highest BCUT2D eigenvalue weighted by molar-refractivity contribution is 7.89. The minimum Gasteiger partial charge on any atom is -0.455 e. The van der Waals surface area contributed by atoms with Gasteiger partial charge in [-0.15, -0.1) is 0 Å². The molecule has 8 nitrogen and oxygen atoms in total. The van der Waals surface area contributed by atoms with Gasteiger partial charge in [-0.25, -0.2) is 12.8 Å². The van der Waals surface area contributed by atoms with Crippen LogP contribution >= 0.6 is 11.3 Å². The van der Waals surface area contributed by atoms with Crippen LogP contribution in [0.1, 0.15) is 19.5 Å². The molecule has 0 spiro atoms. The maximum Gasteiger partial charge on any atom is 0.307 e. The lowest BCUT2D eigenvalue weighted by Crippen LogP contribution is -2.30. The number of anilines is 1. The largest absolute Gasteiger partial charge is 0.455 e. The monoisotopic (exact) mass is 493 g/mol. The number of ether oxygens (including phenoxy) is 1. The van der Waals surface area contributed by atoms with Crippen LogP contribution in [0, 0.1) is 12.7 Å². The zero-order chi connectivity index (χ0) is 24.2. The lowest BCUT2D eigenvalue weighted by atomic mass is 10.2. The molecule has 1 amide bonds. The summed E-state index contributed by atoms with van der Waals surface area (Å²) in [6, 6.07) is 9.39. The van der Waals surface area contributed by atoms with Gasteiger partial charge in [0.25, 0.3) is 0 Å². The summed E-state index contributed by atoms with van der Waals surface area (Å²) >= 11 is 0.987. The zero-order valence-corrected chi connectivity index (χ0v) is 20.0. The zero-order valence-electron chi connectivity index (χ0n) is 18.4. The number of benzene rings is 2. The fourth-order valence-corrected chi connectivity index (χ4v) is 5.35. The topological polar surface area (TPSA) is 97.7 Å². The molecule has 1 heterocycles. The van der Waals surface area contributed by atoms with Crippen molar-refractivity contribution in [2.45, 2.75) is 32.2 Å². The number of nitrogens with zero attached hydrogens (tertiary/aromatic N) is 2. The number of hydrogen-bond donors (Lipinski definition) is 1. The maximum atomic E-state index is 13.2. The summed E-state index contributed by atoms with van der Waals surface area (Å²) in [6.07, 6.45) is 0. The number of carbonyl (C=O) groups excluding carboxylic acids is 1. The van der Waals surface area contributed by atoms with E-state index < -0.39 is 21.7 Å². The third kappa shape index (κ3) is 5.67. The van der Waals surface area contributed by atoms with Crippen LogP contribution in [0.25, 0.3) is 0 Å². The molecule has 33 heavy (non-hydrogen) atoms. The lowest BCUT2D eigenvalue weighted by Gasteiger charge is -2.20. The van der Waals surface area contributed by atoms with E-state index in [1.165, 1.54) is 51.3 Å². The average Bonchev–Trinajstić information content (AvgIpc) is 3.09. The van der Waals surface area contributed by atoms with Gasteiger partial charge in [0.1, 0.15) is 18.1 Å². The Morgan fingerprint density at radius 2 is 1.82 bits per heavy atom. The van der Waals surface area contributed by atoms with Crippen LogP contribution in [-0.2, 0) is 21.4 Å². The van der Waals surface area contributed by atoms with Gasteiger partial charge < -0.3 is 10.1 Å². The highest BCUT2D eigenvalue weighted by Gasteiger charge is 2.24. The number of rotatable bonds is 9. The SMILES string of the molecule is CCN(CC)S(=O)(=O)c1ccc(Oc2ccc(F)cc2)c(NC(=O)Cn2c(C)csc2=O)c1. The first-order chi connectivity index (χ1) is 15.6. The number of halogens is 1. The Hall–Kier alpha value is -3.02. The quantitative estimate of drug-likeness (QED) is 0.489. The molecule has 0 fully saturated rings. The van der Waals surface area contributed by atoms with Crippen LogP contribution in [0.3, 0.4) is 0 Å². The van der Waals surface area contributed by atoms with Gasteiger partial charge in [0, 0.05) is 24.2 Å². The van der Waals surface area contributed by atoms with Crippen molar-refractivity contribution in [2.24, 2.45) is 0 Å². The third-order valence-corrected chi connectivity index (χ3v) is 7.81. The van der Waals surface area contributed by atoms with E-state index in [4.69, 9.17) is 4.74 Å². The maximum absolute atomic E-state index is 13.2. The normalized spacial score (nSPS) is 11.5. The Balaban J connectivity index is 1.97. The van der Waals surface area contributed by atoms with E-state index in [2.05, 4.69) is 5.32 Å². The molecule has 1 aromatic heterocycles. The third-order valence-electron chi connectivity index (χ3n) is 4.89. The first-order valence-electron chi connectivity index (χ1n) is 10.2. The van der Waals surface area contributed by atoms with E-state index in [0.717, 1.165) is 11.3 Å². The second-order valence-electron chi connectivity index (χ2n) is 7.08. The van der Waals surface area contributed by atoms with Crippen molar-refractivity contribution in [2.75, 3.05) is 18.4 Å². The lowest BCUT2D eigenvalue weighted by molar-refractivity contribution is -0.116. The number of sulfonamides is 1. The summed E-state index contributed by atoms with van der Waals surface area (Å²) in [5, 5.41) is 4.30. The second-order valence-corrected chi connectivity index (χ2v) is 9.84. The first-order valence-corrected chi connectivity index (χ1v) is 12.5. The van der Waals surface area contributed by atoms with E-state index in [-0.39, 0.29) is 40.8 Å². The molecule has 3 aromatic rings. The summed E-state index contributed by atoms with van der Waals surface area (Å²) in [4.78, 5) is 24.4. The highest BCUT2D eigenvalue weighted by atomic mass is 32.2. The van der Waals surface area contributed by atoms with Crippen molar-refractivity contribution in [1.82, 2.24) is 8.87 Å². The van der Waals surface area contributed by atoms with Gasteiger partial charge in [-0.2, -0.15) is 4.31 Å². The Bertz CT molecular complexity index is 1300. The molecule has 0 bridgehead atoms. The standard InChI is InChI=1S/C22H24FN3O5S2/c1-4-25(5-2)33(29,30)18-10-11-20(31-17-8-6-16(23)7-9-17)19(12-18)24-21(27)13-26-15(3)14-32-22(26)28/h6-12,14H,4-5,13H2,1-3H3,(H,24,27). The minimum atomic E-state index is -3.79. The fraction of sp³-hybridized carbons (Fsp3) is 0.273. The average molecular weight is 494 g/mol. The van der Waals surface area contributed by atoms with Crippen molar-refractivity contribution in [3.05, 3.63) is 69.0 Å². The number of aromatic nitrogens is 1. The van der Waals surface area contributed by atoms with Crippen molar-refractivity contribution < 1.29 is 22.3 Å². The summed E-state index contributed by atoms with van der Waals surface area (Å²) in [5.41, 5.74) is 0.749. The summed E-state index contributed by atoms with van der Waals surface area (Å²) in [7, 11) is -3.79. The summed E-state index contributed by atoms with van der Waals surface area (Å²) in [5.74, 6) is -0.493. The van der Waals surface area contributed by atoms with Gasteiger partial charge in [0.05, 0.1) is 10.6 Å². The predicted octanol–water partition coefficient (Wildman–Crippen LogP) is 3.82. The van der Waals surface area contributed by atoms with Crippen molar-refractivity contribution >= 4 is 33.0 Å². The van der Waals surface area contributed by atoms with Crippen LogP contribution in [0.15, 0.2) is 57.5 Å². The molecular formula is C22H24FN3O5S2. The fourth-order valence-electron chi connectivity index (χ4n) is 3.13. The summed E-state index contributed by atoms with van der Waals surface area (Å²) in [6.45, 7) is 5.51. The van der Waals surface area contributed by atoms with E-state index in [9.17, 15) is 22.4 Å².